The zero-order valence-electron chi connectivity index (χ0n) is 13.4. The Bertz CT molecular complexity index is 632. The summed E-state index contributed by atoms with van der Waals surface area (Å²) in [4.78, 5) is 26.9. The quantitative estimate of drug-likeness (QED) is 0.856. The Hall–Kier alpha value is -1.30. The summed E-state index contributed by atoms with van der Waals surface area (Å²) in [6.07, 6.45) is 3.70. The molecule has 2 heterocycles. The lowest BCUT2D eigenvalue weighted by atomic mass is 10.1. The lowest BCUT2D eigenvalue weighted by Crippen LogP contribution is -2.48. The van der Waals surface area contributed by atoms with Crippen molar-refractivity contribution in [1.82, 2.24) is 15.5 Å². The monoisotopic (exact) mass is 369 g/mol. The van der Waals surface area contributed by atoms with Gasteiger partial charge in [0, 0.05) is 24.2 Å². The number of nitrogens with zero attached hydrogens (tertiary/aromatic N) is 1. The van der Waals surface area contributed by atoms with Gasteiger partial charge in [0.2, 0.25) is 5.91 Å². The molecule has 5 nitrogen and oxygen atoms in total. The summed E-state index contributed by atoms with van der Waals surface area (Å²) in [5, 5.41) is 7.13. The molecule has 2 N–H and O–H groups in total. The molecule has 0 aromatic heterocycles. The summed E-state index contributed by atoms with van der Waals surface area (Å²) in [7, 11) is 0. The maximum absolute atomic E-state index is 12.8. The molecule has 2 amide bonds. The molecule has 24 heavy (non-hydrogen) atoms. The van der Waals surface area contributed by atoms with Crippen molar-refractivity contribution in [3.05, 3.63) is 33.8 Å². The first-order valence-corrected chi connectivity index (χ1v) is 9.09. The molecule has 7 heteroatoms. The largest absolute Gasteiger partial charge is 0.353 e. The van der Waals surface area contributed by atoms with Gasteiger partial charge in [-0.05, 0) is 50.4 Å². The molecular weight excluding hydrogens is 349 g/mol. The van der Waals surface area contributed by atoms with E-state index < -0.39 is 6.04 Å². The van der Waals surface area contributed by atoms with Crippen LogP contribution >= 0.6 is 23.2 Å². The van der Waals surface area contributed by atoms with Crippen LogP contribution in [0.1, 0.15) is 36.0 Å². The van der Waals surface area contributed by atoms with Crippen LogP contribution in [0.15, 0.2) is 18.2 Å². The highest BCUT2D eigenvalue weighted by Crippen LogP contribution is 2.26. The maximum Gasteiger partial charge on any atom is 0.256 e. The van der Waals surface area contributed by atoms with Gasteiger partial charge in [-0.2, -0.15) is 0 Å². The molecule has 0 spiro atoms. The van der Waals surface area contributed by atoms with Gasteiger partial charge < -0.3 is 15.5 Å². The standard InChI is InChI=1S/C17H21Cl2N3O2/c18-11-5-6-14(19)13(9-11)17(24)22-8-2-4-15(22)16(23)21-10-12-3-1-7-20-12/h5-6,9,12,15,20H,1-4,7-8,10H2,(H,21,23). The molecule has 0 bridgehead atoms. The molecule has 2 atom stereocenters. The average Bonchev–Trinajstić information content (AvgIpc) is 3.25. The Morgan fingerprint density at radius 3 is 2.83 bits per heavy atom. The molecule has 3 rings (SSSR count). The van der Waals surface area contributed by atoms with E-state index in [1.807, 2.05) is 0 Å². The van der Waals surface area contributed by atoms with Gasteiger partial charge in [-0.3, -0.25) is 9.59 Å². The SMILES string of the molecule is O=C(NCC1CCCN1)C1CCCN1C(=O)c1cc(Cl)ccc1Cl. The lowest BCUT2D eigenvalue weighted by Gasteiger charge is -2.25. The summed E-state index contributed by atoms with van der Waals surface area (Å²) in [5.74, 6) is -0.327. The minimum absolute atomic E-state index is 0.0901. The molecule has 2 aliphatic rings. The fourth-order valence-corrected chi connectivity index (χ4v) is 3.74. The van der Waals surface area contributed by atoms with Crippen LogP contribution in [-0.4, -0.2) is 48.4 Å². The molecule has 2 fully saturated rings. The van der Waals surface area contributed by atoms with E-state index in [1.165, 1.54) is 0 Å². The predicted molar refractivity (Wildman–Crippen MR) is 94.6 cm³/mol. The summed E-state index contributed by atoms with van der Waals surface area (Å²) in [6, 6.07) is 4.70. The number of hydrogen-bond donors (Lipinski definition) is 2. The van der Waals surface area contributed by atoms with Crippen LogP contribution in [0, 0.1) is 0 Å². The number of rotatable bonds is 4. The Morgan fingerprint density at radius 2 is 2.08 bits per heavy atom. The van der Waals surface area contributed by atoms with Crippen LogP contribution in [0.3, 0.4) is 0 Å². The molecule has 0 saturated carbocycles. The van der Waals surface area contributed by atoms with Crippen molar-refractivity contribution in [3.8, 4) is 0 Å². The number of carbonyl (C=O) groups excluding carboxylic acids is 2. The second-order valence-corrected chi connectivity index (χ2v) is 7.16. The van der Waals surface area contributed by atoms with Gasteiger partial charge in [0.25, 0.3) is 5.91 Å². The van der Waals surface area contributed by atoms with E-state index >= 15 is 0 Å². The highest BCUT2D eigenvalue weighted by atomic mass is 35.5. The third kappa shape index (κ3) is 3.85. The van der Waals surface area contributed by atoms with E-state index in [1.54, 1.807) is 23.1 Å². The van der Waals surface area contributed by atoms with E-state index in [4.69, 9.17) is 23.2 Å². The van der Waals surface area contributed by atoms with E-state index in [0.717, 1.165) is 25.8 Å². The van der Waals surface area contributed by atoms with Gasteiger partial charge in [-0.15, -0.1) is 0 Å². The van der Waals surface area contributed by atoms with Gasteiger partial charge >= 0.3 is 0 Å². The summed E-state index contributed by atoms with van der Waals surface area (Å²) < 4.78 is 0. The first-order valence-electron chi connectivity index (χ1n) is 8.33. The molecule has 0 radical (unpaired) electrons. The maximum atomic E-state index is 12.8. The number of likely N-dealkylation sites (tertiary alicyclic amines) is 1. The highest BCUT2D eigenvalue weighted by molar-refractivity contribution is 6.35. The second-order valence-electron chi connectivity index (χ2n) is 6.32. The molecule has 0 aliphatic carbocycles. The first kappa shape index (κ1) is 17.5. The van der Waals surface area contributed by atoms with Crippen molar-refractivity contribution in [2.75, 3.05) is 19.6 Å². The third-order valence-corrected chi connectivity index (χ3v) is 5.22. The van der Waals surface area contributed by atoms with Crippen LogP contribution in [-0.2, 0) is 4.79 Å². The zero-order valence-corrected chi connectivity index (χ0v) is 14.9. The zero-order chi connectivity index (χ0) is 17.1. The van der Waals surface area contributed by atoms with Crippen LogP contribution in [0.25, 0.3) is 0 Å². The summed E-state index contributed by atoms with van der Waals surface area (Å²) in [6.45, 7) is 2.17. The predicted octanol–water partition coefficient (Wildman–Crippen LogP) is 2.47. The summed E-state index contributed by atoms with van der Waals surface area (Å²) in [5.41, 5.74) is 0.348. The smallest absolute Gasteiger partial charge is 0.256 e. The van der Waals surface area contributed by atoms with Crippen LogP contribution < -0.4 is 10.6 Å². The molecule has 2 aliphatic heterocycles. The average molecular weight is 370 g/mol. The van der Waals surface area contributed by atoms with Crippen molar-refractivity contribution in [1.29, 1.82) is 0 Å². The molecule has 2 saturated heterocycles. The Kier molecular flexibility index (Phi) is 5.64. The number of carbonyl (C=O) groups is 2. The minimum atomic E-state index is -0.436. The van der Waals surface area contributed by atoms with Crippen molar-refractivity contribution in [2.24, 2.45) is 0 Å². The molecule has 1 aromatic rings. The fourth-order valence-electron chi connectivity index (χ4n) is 3.37. The number of nitrogens with one attached hydrogen (secondary N) is 2. The van der Waals surface area contributed by atoms with Crippen molar-refractivity contribution in [3.63, 3.8) is 0 Å². The topological polar surface area (TPSA) is 61.4 Å². The Labute approximate surface area is 151 Å². The van der Waals surface area contributed by atoms with Crippen LogP contribution in [0.5, 0.6) is 0 Å². The Morgan fingerprint density at radius 1 is 1.25 bits per heavy atom. The van der Waals surface area contributed by atoms with Crippen LogP contribution in [0.2, 0.25) is 10.0 Å². The van der Waals surface area contributed by atoms with E-state index in [9.17, 15) is 9.59 Å². The van der Waals surface area contributed by atoms with E-state index in [2.05, 4.69) is 10.6 Å². The van der Waals surface area contributed by atoms with E-state index in [-0.39, 0.29) is 11.8 Å². The molecule has 130 valence electrons. The van der Waals surface area contributed by atoms with Crippen molar-refractivity contribution in [2.45, 2.75) is 37.8 Å². The fraction of sp³-hybridized carbons (Fsp3) is 0.529. The normalized spacial score (nSPS) is 23.5. The Balaban J connectivity index is 1.66. The van der Waals surface area contributed by atoms with Gasteiger partial charge in [0.1, 0.15) is 6.04 Å². The summed E-state index contributed by atoms with van der Waals surface area (Å²) >= 11 is 12.1. The van der Waals surface area contributed by atoms with Crippen LogP contribution in [0.4, 0.5) is 0 Å². The van der Waals surface area contributed by atoms with Gasteiger partial charge in [0.05, 0.1) is 10.6 Å². The van der Waals surface area contributed by atoms with Crippen molar-refractivity contribution < 1.29 is 9.59 Å². The van der Waals surface area contributed by atoms with Gasteiger partial charge in [0.15, 0.2) is 0 Å². The number of benzene rings is 1. The van der Waals surface area contributed by atoms with Gasteiger partial charge in [-0.1, -0.05) is 23.2 Å². The van der Waals surface area contributed by atoms with Crippen molar-refractivity contribution >= 4 is 35.0 Å². The second kappa shape index (κ2) is 7.72. The minimum Gasteiger partial charge on any atom is -0.353 e. The molecule has 1 aromatic carbocycles. The third-order valence-electron chi connectivity index (χ3n) is 4.66. The van der Waals surface area contributed by atoms with E-state index in [0.29, 0.717) is 41.2 Å². The highest BCUT2D eigenvalue weighted by Gasteiger charge is 2.35. The number of hydrogen-bond acceptors (Lipinski definition) is 3. The molecule has 2 unspecified atom stereocenters. The molecular formula is C17H21Cl2N3O2. The first-order chi connectivity index (χ1) is 11.6. The number of amides is 2. The van der Waals surface area contributed by atoms with Gasteiger partial charge in [-0.25, -0.2) is 0 Å². The lowest BCUT2D eigenvalue weighted by molar-refractivity contribution is -0.124. The number of halogens is 2.